The van der Waals surface area contributed by atoms with E-state index in [4.69, 9.17) is 16.3 Å². The van der Waals surface area contributed by atoms with E-state index in [0.717, 1.165) is 9.35 Å². The fourth-order valence-electron chi connectivity index (χ4n) is 1.43. The maximum absolute atomic E-state index is 13.5. The molecule has 1 aromatic heterocycles. The first-order valence-corrected chi connectivity index (χ1v) is 7.10. The molecule has 6 heteroatoms. The van der Waals surface area contributed by atoms with Crippen molar-refractivity contribution < 1.29 is 9.13 Å². The highest BCUT2D eigenvalue weighted by molar-refractivity contribution is 9.10. The van der Waals surface area contributed by atoms with E-state index in [9.17, 15) is 4.39 Å². The normalized spacial score (nSPS) is 10.4. The maximum atomic E-state index is 13.5. The van der Waals surface area contributed by atoms with E-state index in [1.807, 2.05) is 6.07 Å². The van der Waals surface area contributed by atoms with Crippen LogP contribution >= 0.6 is 38.9 Å². The second-order valence-electron chi connectivity index (χ2n) is 3.53. The number of rotatable bonds is 4. The fraction of sp³-hybridized carbons (Fsp3) is 0.167. The zero-order valence-electron chi connectivity index (χ0n) is 9.47. The standard InChI is InChI=1S/C12H10BrClFNOS/c1-17-7-2-3-10(15)11(4-7)16-6-8-5-9(13)12(14)18-8/h2-5,16H,6H2,1H3. The fourth-order valence-corrected chi connectivity index (χ4v) is 3.16. The predicted octanol–water partition coefficient (Wildman–Crippen LogP) is 4.92. The molecule has 0 bridgehead atoms. The maximum Gasteiger partial charge on any atom is 0.146 e. The van der Waals surface area contributed by atoms with Gasteiger partial charge in [0.25, 0.3) is 0 Å². The second-order valence-corrected chi connectivity index (χ2v) is 6.13. The summed E-state index contributed by atoms with van der Waals surface area (Å²) in [7, 11) is 1.55. The van der Waals surface area contributed by atoms with Crippen LogP contribution < -0.4 is 10.1 Å². The van der Waals surface area contributed by atoms with Gasteiger partial charge in [0.1, 0.15) is 15.9 Å². The minimum atomic E-state index is -0.308. The van der Waals surface area contributed by atoms with Crippen molar-refractivity contribution in [2.75, 3.05) is 12.4 Å². The lowest BCUT2D eigenvalue weighted by Crippen LogP contribution is -2.00. The van der Waals surface area contributed by atoms with Gasteiger partial charge < -0.3 is 10.1 Å². The molecule has 0 saturated carbocycles. The molecule has 2 nitrogen and oxygen atoms in total. The third-order valence-corrected chi connectivity index (χ3v) is 4.80. The highest BCUT2D eigenvalue weighted by Gasteiger charge is 2.07. The highest BCUT2D eigenvalue weighted by Crippen LogP contribution is 2.32. The van der Waals surface area contributed by atoms with E-state index >= 15 is 0 Å². The summed E-state index contributed by atoms with van der Waals surface area (Å²) in [6, 6.07) is 6.50. The number of hydrogen-bond acceptors (Lipinski definition) is 3. The lowest BCUT2D eigenvalue weighted by atomic mass is 10.3. The summed E-state index contributed by atoms with van der Waals surface area (Å²) in [5.74, 6) is 0.307. The van der Waals surface area contributed by atoms with Gasteiger partial charge in [0.2, 0.25) is 0 Å². The minimum Gasteiger partial charge on any atom is -0.497 e. The molecule has 2 aromatic rings. The number of anilines is 1. The number of thiophene rings is 1. The van der Waals surface area contributed by atoms with Crippen LogP contribution in [0.1, 0.15) is 4.88 Å². The lowest BCUT2D eigenvalue weighted by molar-refractivity contribution is 0.414. The summed E-state index contributed by atoms with van der Waals surface area (Å²) >= 11 is 10.7. The Balaban J connectivity index is 2.10. The molecule has 0 saturated heterocycles. The average Bonchev–Trinajstić information content (AvgIpc) is 2.68. The Labute approximate surface area is 122 Å². The van der Waals surface area contributed by atoms with Crippen molar-refractivity contribution in [2.45, 2.75) is 6.54 Å². The topological polar surface area (TPSA) is 21.3 Å². The van der Waals surface area contributed by atoms with Crippen LogP contribution in [-0.2, 0) is 6.54 Å². The average molecular weight is 351 g/mol. The predicted molar refractivity (Wildman–Crippen MR) is 77.3 cm³/mol. The summed E-state index contributed by atoms with van der Waals surface area (Å²) in [4.78, 5) is 1.02. The number of hydrogen-bond donors (Lipinski definition) is 1. The summed E-state index contributed by atoms with van der Waals surface area (Å²) in [6.07, 6.45) is 0. The molecule has 0 aliphatic carbocycles. The third-order valence-electron chi connectivity index (χ3n) is 2.32. The first-order chi connectivity index (χ1) is 8.60. The van der Waals surface area contributed by atoms with E-state index in [2.05, 4.69) is 21.2 Å². The minimum absolute atomic E-state index is 0.308. The molecule has 1 aromatic carbocycles. The number of ether oxygens (including phenoxy) is 1. The second kappa shape index (κ2) is 5.91. The van der Waals surface area contributed by atoms with E-state index in [1.165, 1.54) is 17.4 Å². The summed E-state index contributed by atoms with van der Waals surface area (Å²) in [6.45, 7) is 0.514. The van der Waals surface area contributed by atoms with Crippen molar-refractivity contribution in [3.05, 3.63) is 43.8 Å². The van der Waals surface area contributed by atoms with Crippen molar-refractivity contribution in [3.8, 4) is 5.75 Å². The van der Waals surface area contributed by atoms with Gasteiger partial charge >= 0.3 is 0 Å². The van der Waals surface area contributed by atoms with Crippen molar-refractivity contribution in [3.63, 3.8) is 0 Å². The van der Waals surface area contributed by atoms with E-state index in [1.54, 1.807) is 19.2 Å². The molecule has 0 fully saturated rings. The van der Waals surface area contributed by atoms with Gasteiger partial charge in [0, 0.05) is 22.0 Å². The number of benzene rings is 1. The van der Waals surface area contributed by atoms with Crippen molar-refractivity contribution >= 4 is 44.6 Å². The van der Waals surface area contributed by atoms with E-state index in [0.29, 0.717) is 22.3 Å². The van der Waals surface area contributed by atoms with Crippen LogP contribution in [0.2, 0.25) is 4.34 Å². The number of methoxy groups -OCH3 is 1. The summed E-state index contributed by atoms with van der Waals surface area (Å²) < 4.78 is 20.1. The number of nitrogens with one attached hydrogen (secondary N) is 1. The van der Waals surface area contributed by atoms with E-state index < -0.39 is 0 Å². The van der Waals surface area contributed by atoms with Gasteiger partial charge in [-0.2, -0.15) is 0 Å². The van der Waals surface area contributed by atoms with Crippen molar-refractivity contribution in [1.82, 2.24) is 0 Å². The molecular formula is C12H10BrClFNOS. The molecule has 0 unspecified atom stereocenters. The Morgan fingerprint density at radius 3 is 2.83 bits per heavy atom. The number of halogens is 3. The first kappa shape index (κ1) is 13.6. The van der Waals surface area contributed by atoms with Gasteiger partial charge in [-0.05, 0) is 34.1 Å². The molecule has 0 aliphatic heterocycles. The molecule has 0 aliphatic rings. The molecular weight excluding hydrogens is 341 g/mol. The van der Waals surface area contributed by atoms with Gasteiger partial charge in [0.05, 0.1) is 12.8 Å². The van der Waals surface area contributed by atoms with Crippen LogP contribution in [0.25, 0.3) is 0 Å². The quantitative estimate of drug-likeness (QED) is 0.844. The SMILES string of the molecule is COc1ccc(F)c(NCc2cc(Br)c(Cl)s2)c1. The Kier molecular flexibility index (Phi) is 4.48. The van der Waals surface area contributed by atoms with Gasteiger partial charge in [-0.25, -0.2) is 4.39 Å². The van der Waals surface area contributed by atoms with E-state index in [-0.39, 0.29) is 5.82 Å². The summed E-state index contributed by atoms with van der Waals surface area (Å²) in [5.41, 5.74) is 0.412. The van der Waals surface area contributed by atoms with Crippen molar-refractivity contribution in [2.24, 2.45) is 0 Å². The highest BCUT2D eigenvalue weighted by atomic mass is 79.9. The van der Waals surface area contributed by atoms with Crippen LogP contribution in [-0.4, -0.2) is 7.11 Å². The first-order valence-electron chi connectivity index (χ1n) is 5.11. The van der Waals surface area contributed by atoms with Crippen LogP contribution in [0.4, 0.5) is 10.1 Å². The van der Waals surface area contributed by atoms with Gasteiger partial charge in [0.15, 0.2) is 0 Å². The van der Waals surface area contributed by atoms with Crippen LogP contribution in [0.5, 0.6) is 5.75 Å². The van der Waals surface area contributed by atoms with Gasteiger partial charge in [-0.15, -0.1) is 11.3 Å². The van der Waals surface area contributed by atoms with Gasteiger partial charge in [-0.3, -0.25) is 0 Å². The monoisotopic (exact) mass is 349 g/mol. The van der Waals surface area contributed by atoms with Crippen LogP contribution in [0.3, 0.4) is 0 Å². The molecule has 18 heavy (non-hydrogen) atoms. The Morgan fingerprint density at radius 1 is 1.44 bits per heavy atom. The van der Waals surface area contributed by atoms with Gasteiger partial charge in [-0.1, -0.05) is 11.6 Å². The zero-order valence-corrected chi connectivity index (χ0v) is 12.6. The largest absolute Gasteiger partial charge is 0.497 e. The Hall–Kier alpha value is -0.780. The molecule has 0 radical (unpaired) electrons. The molecule has 1 heterocycles. The Morgan fingerprint density at radius 2 is 2.22 bits per heavy atom. The molecule has 1 N–H and O–H groups in total. The van der Waals surface area contributed by atoms with Crippen LogP contribution in [0.15, 0.2) is 28.7 Å². The lowest BCUT2D eigenvalue weighted by Gasteiger charge is -2.08. The van der Waals surface area contributed by atoms with Crippen LogP contribution in [0, 0.1) is 5.82 Å². The van der Waals surface area contributed by atoms with Crippen molar-refractivity contribution in [1.29, 1.82) is 0 Å². The zero-order chi connectivity index (χ0) is 13.1. The molecule has 2 rings (SSSR count). The molecule has 96 valence electrons. The Bertz CT molecular complexity index is 542. The molecule has 0 amide bonds. The summed E-state index contributed by atoms with van der Waals surface area (Å²) in [5, 5.41) is 3.02. The molecule has 0 atom stereocenters. The third kappa shape index (κ3) is 3.16. The smallest absolute Gasteiger partial charge is 0.146 e. The molecule has 0 spiro atoms.